The van der Waals surface area contributed by atoms with Crippen LogP contribution in [-0.2, 0) is 4.79 Å². The fourth-order valence-corrected chi connectivity index (χ4v) is 3.32. The number of nitrogens with two attached hydrogens (primary N) is 1. The van der Waals surface area contributed by atoms with Crippen molar-refractivity contribution in [2.75, 3.05) is 57.4 Å². The lowest BCUT2D eigenvalue weighted by atomic mass is 10.2. The van der Waals surface area contributed by atoms with Gasteiger partial charge in [-0.3, -0.25) is 4.79 Å². The summed E-state index contributed by atoms with van der Waals surface area (Å²) in [5.41, 5.74) is 6.16. The predicted molar refractivity (Wildman–Crippen MR) is 129 cm³/mol. The number of anilines is 2. The molecule has 3 aromatic rings. The van der Waals surface area contributed by atoms with Crippen molar-refractivity contribution in [2.24, 2.45) is 0 Å². The Kier molecular flexibility index (Phi) is 4.35. The molecule has 1 amide bonds. The first kappa shape index (κ1) is 15.3. The molecule has 1 aromatic heterocycles. The third kappa shape index (κ3) is 4.28. The van der Waals surface area contributed by atoms with E-state index < -0.39 is 50.6 Å². The highest BCUT2D eigenvalue weighted by Crippen LogP contribution is 2.34. The number of carbonyl (C=O) groups is 1. The van der Waals surface area contributed by atoms with Crippen LogP contribution in [0.25, 0.3) is 10.9 Å². The number of nitrogens with zero attached hydrogens (tertiary/aromatic N) is 4. The van der Waals surface area contributed by atoms with Gasteiger partial charge in [0.2, 0.25) is 12.1 Å². The number of rotatable bonds is 4. The first-order valence-electron chi connectivity index (χ1n) is 13.8. The van der Waals surface area contributed by atoms with E-state index in [9.17, 15) is 4.79 Å². The quantitative estimate of drug-likeness (QED) is 0.581. The Morgan fingerprint density at radius 1 is 1.09 bits per heavy atom. The molecule has 34 heavy (non-hydrogen) atoms. The van der Waals surface area contributed by atoms with E-state index in [0.717, 1.165) is 0 Å². The highest BCUT2D eigenvalue weighted by molar-refractivity contribution is 5.91. The van der Waals surface area contributed by atoms with Crippen molar-refractivity contribution in [3.05, 3.63) is 36.4 Å². The van der Waals surface area contributed by atoms with Crippen LogP contribution in [0.1, 0.15) is 11.0 Å². The van der Waals surface area contributed by atoms with Crippen molar-refractivity contribution in [1.82, 2.24) is 14.9 Å². The molecule has 0 bridgehead atoms. The molecule has 2 aliphatic heterocycles. The van der Waals surface area contributed by atoms with Gasteiger partial charge < -0.3 is 34.5 Å². The average molecular weight is 496 g/mol. The maximum Gasteiger partial charge on any atom is 0.267 e. The van der Waals surface area contributed by atoms with E-state index in [1.54, 1.807) is 18.2 Å². The molecule has 0 saturated carbocycles. The monoisotopic (exact) mass is 495 g/mol. The van der Waals surface area contributed by atoms with E-state index in [4.69, 9.17) is 35.6 Å². The first-order valence-corrected chi connectivity index (χ1v) is 9.82. The summed E-state index contributed by atoms with van der Waals surface area (Å²) in [7, 11) is 2.76. The van der Waals surface area contributed by atoms with Gasteiger partial charge in [-0.2, -0.15) is 4.98 Å². The molecule has 10 nitrogen and oxygen atoms in total. The van der Waals surface area contributed by atoms with Gasteiger partial charge >= 0.3 is 0 Å². The highest BCUT2D eigenvalue weighted by atomic mass is 35.5. The lowest BCUT2D eigenvalue weighted by molar-refractivity contribution is -0.141. The van der Waals surface area contributed by atoms with Gasteiger partial charge in [-0.1, -0.05) is 12.1 Å². The third-order valence-corrected chi connectivity index (χ3v) is 4.97. The number of fused-ring (bicyclic) bond motifs is 2. The van der Waals surface area contributed by atoms with Crippen molar-refractivity contribution in [1.29, 1.82) is 0 Å². The first-order chi connectivity index (χ1) is 19.1. The van der Waals surface area contributed by atoms with Crippen molar-refractivity contribution in [3.8, 4) is 23.0 Å². The van der Waals surface area contributed by atoms with Crippen LogP contribution in [0.4, 0.5) is 11.8 Å². The molecule has 1 unspecified atom stereocenters. The summed E-state index contributed by atoms with van der Waals surface area (Å²) in [4.78, 5) is 21.8. The van der Waals surface area contributed by atoms with Gasteiger partial charge in [0.05, 0.1) is 30.7 Å². The zero-order valence-electron chi connectivity index (χ0n) is 26.1. The number of methoxy groups -OCH3 is 2. The van der Waals surface area contributed by atoms with E-state index >= 15 is 0 Å². The summed E-state index contributed by atoms with van der Waals surface area (Å²) >= 11 is 0. The lowest BCUT2D eigenvalue weighted by Crippen LogP contribution is -2.54. The Morgan fingerprint density at radius 2 is 1.76 bits per heavy atom. The van der Waals surface area contributed by atoms with Crippen molar-refractivity contribution in [3.63, 3.8) is 0 Å². The van der Waals surface area contributed by atoms with Gasteiger partial charge in [0.15, 0.2) is 23.0 Å². The fraction of sp³-hybridized carbons (Fsp3) is 0.348. The molecule has 0 spiro atoms. The number of nitrogen functional groups attached to an aromatic ring is 1. The Labute approximate surface area is 214 Å². The summed E-state index contributed by atoms with van der Waals surface area (Å²) in [6.07, 6.45) is -1.59. The fourth-order valence-electron chi connectivity index (χ4n) is 3.32. The summed E-state index contributed by atoms with van der Waals surface area (Å²) in [6, 6.07) is 9.16. The number of ether oxygens (including phenoxy) is 4. The van der Waals surface area contributed by atoms with Gasteiger partial charge in [0.1, 0.15) is 12.4 Å². The van der Waals surface area contributed by atoms with Crippen molar-refractivity contribution >= 4 is 41.0 Å². The number of hydrogen-bond acceptors (Lipinski definition) is 9. The molecule has 1 fully saturated rings. The minimum absolute atomic E-state index is 0. The molecule has 1 atom stereocenters. The molecule has 2 aliphatic rings. The number of benzene rings is 2. The highest BCUT2D eigenvalue weighted by Gasteiger charge is 2.33. The summed E-state index contributed by atoms with van der Waals surface area (Å²) in [5.74, 6) is -1.43. The zero-order valence-corrected chi connectivity index (χ0v) is 18.9. The van der Waals surface area contributed by atoms with Gasteiger partial charge in [-0.05, 0) is 18.2 Å². The largest absolute Gasteiger partial charge is 0.493 e. The average Bonchev–Trinajstić information content (AvgIpc) is 2.90. The molecular weight excluding hydrogens is 462 g/mol. The van der Waals surface area contributed by atoms with Crippen LogP contribution < -0.4 is 29.6 Å². The third-order valence-electron chi connectivity index (χ3n) is 4.97. The zero-order chi connectivity index (χ0) is 30.1. The van der Waals surface area contributed by atoms with Crippen molar-refractivity contribution in [2.45, 2.75) is 6.10 Å². The van der Waals surface area contributed by atoms with E-state index in [0.29, 0.717) is 5.75 Å². The summed E-state index contributed by atoms with van der Waals surface area (Å²) in [6.45, 7) is -14.3. The number of hydrogen-bond donors (Lipinski definition) is 1. The standard InChI is InChI=1S/C23H25N5O5.ClH/c1-30-18-11-14-15(12-19(18)31-2)25-23(26-21(14)24)28-9-7-27(8-10-28)22(29)20-13-32-16-5-3-4-6-17(16)33-20;/h3-6,11-12,20H,7-10,13H2,1-2H3,(H2,24,25,26);1H/i7D2,8D2,9D2,10D2;. The second kappa shape index (κ2) is 9.68. The maximum atomic E-state index is 13.6. The number of para-hydroxylation sites is 2. The molecule has 0 radical (unpaired) electrons. The van der Waals surface area contributed by atoms with Gasteiger partial charge in [-0.15, -0.1) is 12.4 Å². The Bertz CT molecular complexity index is 1520. The number of aromatic nitrogens is 2. The molecular formula is C23H26ClN5O5. The molecule has 2 aromatic carbocycles. The molecule has 5 rings (SSSR count). The van der Waals surface area contributed by atoms with Crippen LogP contribution in [-0.4, -0.2) is 73.7 Å². The van der Waals surface area contributed by atoms with E-state index in [1.807, 2.05) is 0 Å². The van der Waals surface area contributed by atoms with Crippen LogP contribution in [0.5, 0.6) is 23.0 Å². The minimum Gasteiger partial charge on any atom is -0.493 e. The molecule has 11 heteroatoms. The van der Waals surface area contributed by atoms with Crippen LogP contribution >= 0.6 is 12.4 Å². The van der Waals surface area contributed by atoms with E-state index in [2.05, 4.69) is 9.97 Å². The summed E-state index contributed by atoms with van der Waals surface area (Å²) in [5, 5.41) is 0.238. The number of amides is 1. The second-order valence-electron chi connectivity index (χ2n) is 6.95. The SMILES string of the molecule is Cl.[2H]C1([2H])N(C(=O)C2COc3ccccc3O2)C([2H])([2H])C([2H])([2H])N(c2nc(N)c3cc(OC)c(OC)cc3n2)C1([2H])[2H]. The van der Waals surface area contributed by atoms with Gasteiger partial charge in [0, 0.05) is 37.4 Å². The molecule has 0 aliphatic carbocycles. The Balaban J connectivity index is 0.00000405. The van der Waals surface area contributed by atoms with Gasteiger partial charge in [0.25, 0.3) is 5.91 Å². The van der Waals surface area contributed by atoms with Crippen LogP contribution in [0.3, 0.4) is 0 Å². The Morgan fingerprint density at radius 3 is 2.47 bits per heavy atom. The minimum atomic E-state index is -3.50. The molecule has 1 saturated heterocycles. The van der Waals surface area contributed by atoms with Crippen LogP contribution in [0.15, 0.2) is 36.4 Å². The normalized spacial score (nSPS) is 26.6. The van der Waals surface area contributed by atoms with E-state index in [1.165, 1.54) is 32.4 Å². The second-order valence-corrected chi connectivity index (χ2v) is 6.95. The number of halogens is 1. The molecule has 2 N–H and O–H groups in total. The smallest absolute Gasteiger partial charge is 0.267 e. The lowest BCUT2D eigenvalue weighted by Gasteiger charge is -2.37. The van der Waals surface area contributed by atoms with Crippen LogP contribution in [0.2, 0.25) is 0 Å². The Hall–Kier alpha value is -3.66. The topological polar surface area (TPSA) is 112 Å². The number of piperazine rings is 1. The molecule has 180 valence electrons. The van der Waals surface area contributed by atoms with E-state index in [-0.39, 0.29) is 56.2 Å². The number of carbonyl (C=O) groups excluding carboxylic acids is 1. The predicted octanol–water partition coefficient (Wildman–Crippen LogP) is 2.14. The maximum absolute atomic E-state index is 13.6. The van der Waals surface area contributed by atoms with Gasteiger partial charge in [-0.25, -0.2) is 4.98 Å². The van der Waals surface area contributed by atoms with Crippen LogP contribution in [0, 0.1) is 0 Å². The van der Waals surface area contributed by atoms with Crippen molar-refractivity contribution < 1.29 is 34.7 Å². The molecule has 3 heterocycles. The summed E-state index contributed by atoms with van der Waals surface area (Å²) < 4.78 is 91.1.